The third-order valence-electron chi connectivity index (χ3n) is 2.78. The van der Waals surface area contributed by atoms with E-state index < -0.39 is 10.9 Å². The molecule has 2 aromatic rings. The minimum atomic E-state index is -0.977. The predicted molar refractivity (Wildman–Crippen MR) is 85.8 cm³/mol. The van der Waals surface area contributed by atoms with Gasteiger partial charge in [-0.05, 0) is 24.6 Å². The first kappa shape index (κ1) is 16.4. The van der Waals surface area contributed by atoms with Crippen LogP contribution >= 0.6 is 21.6 Å². The van der Waals surface area contributed by atoms with Gasteiger partial charge in [0, 0.05) is 34.4 Å². The number of carbonyl (C=O) groups is 2. The Labute approximate surface area is 132 Å². The number of phenols is 1. The summed E-state index contributed by atoms with van der Waals surface area (Å²) in [6, 6.07) is 5.76. The van der Waals surface area contributed by atoms with Gasteiger partial charge in [-0.3, -0.25) is 4.79 Å². The lowest BCUT2D eigenvalue weighted by atomic mass is 10.1. The number of ketones is 1. The van der Waals surface area contributed by atoms with E-state index >= 15 is 0 Å². The molecule has 6 nitrogen and oxygen atoms in total. The van der Waals surface area contributed by atoms with Crippen LogP contribution in [0, 0.1) is 0 Å². The lowest BCUT2D eigenvalue weighted by molar-refractivity contribution is 0.0978. The van der Waals surface area contributed by atoms with Gasteiger partial charge in [0.25, 0.3) is 0 Å². The molecule has 8 heteroatoms. The number of rotatable bonds is 6. The summed E-state index contributed by atoms with van der Waals surface area (Å²) >= 11 is 0. The van der Waals surface area contributed by atoms with Crippen molar-refractivity contribution in [1.82, 2.24) is 0 Å². The van der Waals surface area contributed by atoms with Gasteiger partial charge in [0.15, 0.2) is 5.78 Å². The molecule has 0 radical (unpaired) electrons. The zero-order valence-corrected chi connectivity index (χ0v) is 12.9. The third kappa shape index (κ3) is 4.28. The first-order chi connectivity index (χ1) is 10.5. The number of Topliss-reactive ketones (excluding diaryl/α,β-unsaturated/α-hetero) is 1. The number of hydrogen-bond acceptors (Lipinski definition) is 7. The van der Waals surface area contributed by atoms with E-state index in [-0.39, 0.29) is 29.1 Å². The second-order valence-corrected chi connectivity index (χ2v) is 6.73. The number of aromatic hydroxyl groups is 1. The van der Waals surface area contributed by atoms with E-state index in [1.54, 1.807) is 6.07 Å². The fraction of sp³-hybridized carbons (Fsp3) is 0.214. The molecule has 0 fully saturated rings. The Morgan fingerprint density at radius 1 is 1.23 bits per heavy atom. The molecule has 0 saturated heterocycles. The van der Waals surface area contributed by atoms with Crippen molar-refractivity contribution in [1.29, 1.82) is 0 Å². The van der Waals surface area contributed by atoms with Crippen LogP contribution in [-0.2, 0) is 0 Å². The Morgan fingerprint density at radius 3 is 2.73 bits per heavy atom. The van der Waals surface area contributed by atoms with Crippen LogP contribution in [0.15, 0.2) is 33.5 Å². The summed E-state index contributed by atoms with van der Waals surface area (Å²) in [6.07, 6.45) is 0.609. The third-order valence-corrected chi connectivity index (χ3v) is 4.78. The summed E-state index contributed by atoms with van der Waals surface area (Å²) in [6.45, 7) is 0. The second kappa shape index (κ2) is 7.37. The summed E-state index contributed by atoms with van der Waals surface area (Å²) in [5, 5.41) is 17.4. The Balaban J connectivity index is 2.05. The van der Waals surface area contributed by atoms with Crippen LogP contribution in [0.25, 0.3) is 11.0 Å². The van der Waals surface area contributed by atoms with Gasteiger partial charge in [0.1, 0.15) is 16.9 Å². The van der Waals surface area contributed by atoms with Gasteiger partial charge < -0.3 is 14.6 Å². The number of carboxylic acid groups (broad SMARTS) is 1. The normalized spacial score (nSPS) is 10.7. The Bertz CT molecular complexity index is 768. The van der Waals surface area contributed by atoms with E-state index in [9.17, 15) is 19.5 Å². The Hall–Kier alpha value is -1.93. The van der Waals surface area contributed by atoms with Crippen molar-refractivity contribution in [2.75, 3.05) is 5.75 Å². The highest BCUT2D eigenvalue weighted by atomic mass is 33.1. The second-order valence-electron chi connectivity index (χ2n) is 4.37. The van der Waals surface area contributed by atoms with Crippen molar-refractivity contribution in [2.24, 2.45) is 0 Å². The fourth-order valence-corrected chi connectivity index (χ4v) is 3.17. The van der Waals surface area contributed by atoms with Crippen molar-refractivity contribution < 1.29 is 24.2 Å². The molecule has 2 rings (SSSR count). The van der Waals surface area contributed by atoms with Gasteiger partial charge in [-0.25, -0.2) is 9.59 Å². The molecule has 0 aliphatic heterocycles. The van der Waals surface area contributed by atoms with Crippen molar-refractivity contribution in [3.05, 3.63) is 40.2 Å². The lowest BCUT2D eigenvalue weighted by Gasteiger charge is -2.02. The molecule has 0 atom stereocenters. The van der Waals surface area contributed by atoms with E-state index in [1.807, 2.05) is 0 Å². The molecule has 116 valence electrons. The highest BCUT2D eigenvalue weighted by molar-refractivity contribution is 8.82. The van der Waals surface area contributed by atoms with Gasteiger partial charge in [-0.1, -0.05) is 10.8 Å². The summed E-state index contributed by atoms with van der Waals surface area (Å²) in [4.78, 5) is 34.2. The number of benzene rings is 1. The van der Waals surface area contributed by atoms with Crippen LogP contribution < -0.4 is 5.63 Å². The highest BCUT2D eigenvalue weighted by Gasteiger charge is 2.14. The first-order valence-electron chi connectivity index (χ1n) is 6.30. The van der Waals surface area contributed by atoms with Gasteiger partial charge in [-0.15, -0.1) is 0 Å². The van der Waals surface area contributed by atoms with Gasteiger partial charge in [0.05, 0.1) is 0 Å². The molecule has 2 N–H and O–H groups in total. The molecule has 1 aromatic carbocycles. The first-order valence-corrected chi connectivity index (χ1v) is 8.62. The monoisotopic (exact) mass is 340 g/mol. The summed E-state index contributed by atoms with van der Waals surface area (Å²) < 4.78 is 5.03. The zero-order valence-electron chi connectivity index (χ0n) is 11.3. The van der Waals surface area contributed by atoms with Crippen molar-refractivity contribution >= 4 is 43.6 Å². The average Bonchev–Trinajstić information content (AvgIpc) is 2.45. The molecule has 0 aliphatic rings. The quantitative estimate of drug-likeness (QED) is 0.356. The number of phenolic OH excluding ortho intramolecular Hbond substituents is 1. The minimum Gasteiger partial charge on any atom is -0.508 e. The highest BCUT2D eigenvalue weighted by Crippen LogP contribution is 2.23. The van der Waals surface area contributed by atoms with E-state index in [0.29, 0.717) is 28.4 Å². The zero-order chi connectivity index (χ0) is 16.1. The van der Waals surface area contributed by atoms with Crippen molar-refractivity contribution in [3.8, 4) is 5.75 Å². The Morgan fingerprint density at radius 2 is 2.00 bits per heavy atom. The number of hydrogen-bond donors (Lipinski definition) is 2. The van der Waals surface area contributed by atoms with Crippen LogP contribution in [0.3, 0.4) is 0 Å². The van der Waals surface area contributed by atoms with Crippen LogP contribution in [0.5, 0.6) is 5.75 Å². The summed E-state index contributed by atoms with van der Waals surface area (Å²) in [7, 11) is 1.85. The molecular formula is C14H12O6S2. The molecule has 0 amide bonds. The Kier molecular flexibility index (Phi) is 5.51. The van der Waals surface area contributed by atoms with E-state index in [4.69, 9.17) is 9.52 Å². The largest absolute Gasteiger partial charge is 0.508 e. The lowest BCUT2D eigenvalue weighted by Crippen LogP contribution is -2.13. The standard InChI is InChI=1S/C14H12O6S2/c15-9-4-3-8-6-10(13(17)20-12(8)7-9)11(16)2-1-5-21-22-14(18)19/h3-4,6-7,15H,1-2,5H2,(H,18,19). The number of fused-ring (bicyclic) bond motifs is 1. The number of carbonyl (C=O) groups excluding carboxylic acids is 1. The summed E-state index contributed by atoms with van der Waals surface area (Å²) in [5.41, 5.74) is -0.556. The average molecular weight is 340 g/mol. The van der Waals surface area contributed by atoms with Crippen LogP contribution in [-0.4, -0.2) is 27.1 Å². The van der Waals surface area contributed by atoms with Gasteiger partial charge in [0.2, 0.25) is 0 Å². The molecule has 0 spiro atoms. The summed E-state index contributed by atoms with van der Waals surface area (Å²) in [5.74, 6) is 0.127. The van der Waals surface area contributed by atoms with Gasteiger partial charge in [-0.2, -0.15) is 0 Å². The molecule has 1 aromatic heterocycles. The van der Waals surface area contributed by atoms with E-state index in [2.05, 4.69) is 0 Å². The maximum absolute atomic E-state index is 12.0. The van der Waals surface area contributed by atoms with Crippen molar-refractivity contribution in [2.45, 2.75) is 12.8 Å². The molecule has 0 saturated carbocycles. The van der Waals surface area contributed by atoms with E-state index in [0.717, 1.165) is 10.8 Å². The SMILES string of the molecule is O=C(O)SSCCCC(=O)c1cc2ccc(O)cc2oc1=O. The minimum absolute atomic E-state index is 0.0253. The fourth-order valence-electron chi connectivity index (χ4n) is 1.81. The van der Waals surface area contributed by atoms with E-state index in [1.165, 1.54) is 18.2 Å². The van der Waals surface area contributed by atoms with Crippen LogP contribution in [0.4, 0.5) is 4.79 Å². The van der Waals surface area contributed by atoms with Crippen LogP contribution in [0.2, 0.25) is 0 Å². The molecule has 22 heavy (non-hydrogen) atoms. The van der Waals surface area contributed by atoms with Crippen molar-refractivity contribution in [3.63, 3.8) is 0 Å². The predicted octanol–water partition coefficient (Wildman–Crippen LogP) is 3.52. The topological polar surface area (TPSA) is 105 Å². The molecule has 0 unspecified atom stereocenters. The van der Waals surface area contributed by atoms with Gasteiger partial charge >= 0.3 is 10.9 Å². The molecule has 0 bridgehead atoms. The molecular weight excluding hydrogens is 328 g/mol. The van der Waals surface area contributed by atoms with Crippen LogP contribution in [0.1, 0.15) is 23.2 Å². The molecule has 1 heterocycles. The smallest absolute Gasteiger partial charge is 0.375 e. The maximum Gasteiger partial charge on any atom is 0.375 e. The molecule has 0 aliphatic carbocycles. The maximum atomic E-state index is 12.0.